The second-order valence-corrected chi connectivity index (χ2v) is 14.9. The number of anilines is 6. The van der Waals surface area contributed by atoms with Gasteiger partial charge in [0.1, 0.15) is 0 Å². The fourth-order valence-electron chi connectivity index (χ4n) is 8.42. The van der Waals surface area contributed by atoms with E-state index in [2.05, 4.69) is 158 Å². The lowest BCUT2D eigenvalue weighted by Crippen LogP contribution is -2.24. The molecule has 0 atom stereocenters. The van der Waals surface area contributed by atoms with E-state index in [0.29, 0.717) is 0 Å². The molecule has 1 aliphatic rings. The van der Waals surface area contributed by atoms with E-state index in [9.17, 15) is 0 Å². The number of hydrogen-bond acceptors (Lipinski definition) is 4. The Balaban J connectivity index is 1.44. The van der Waals surface area contributed by atoms with Gasteiger partial charge in [-0.25, -0.2) is 0 Å². The summed E-state index contributed by atoms with van der Waals surface area (Å²) >= 11 is 0. The van der Waals surface area contributed by atoms with Crippen molar-refractivity contribution >= 4 is 66.4 Å². The maximum Gasteiger partial charge on any atom is 0.0543 e. The van der Waals surface area contributed by atoms with Crippen molar-refractivity contribution in [1.29, 1.82) is 0 Å². The molecule has 0 saturated carbocycles. The van der Waals surface area contributed by atoms with Gasteiger partial charge in [-0.3, -0.25) is 9.97 Å². The van der Waals surface area contributed by atoms with Crippen molar-refractivity contribution < 1.29 is 0 Å². The fraction of sp³-hybridized carbons (Fsp3) is 0.191. The van der Waals surface area contributed by atoms with Gasteiger partial charge in [-0.2, -0.15) is 0 Å². The fourth-order valence-corrected chi connectivity index (χ4v) is 8.42. The quantitative estimate of drug-likeness (QED) is 0.159. The van der Waals surface area contributed by atoms with Crippen molar-refractivity contribution in [2.75, 3.05) is 9.80 Å². The Morgan fingerprint density at radius 2 is 1.06 bits per heavy atom. The maximum absolute atomic E-state index is 4.40. The van der Waals surface area contributed by atoms with Crippen LogP contribution in [-0.2, 0) is 18.3 Å². The highest BCUT2D eigenvalue weighted by Gasteiger charge is 2.33. The lowest BCUT2D eigenvalue weighted by Gasteiger charge is -2.37. The number of rotatable bonds is 7. The molecular formula is C47H42N4. The van der Waals surface area contributed by atoms with Gasteiger partial charge in [0.2, 0.25) is 0 Å². The summed E-state index contributed by atoms with van der Waals surface area (Å²) in [5.41, 5.74) is 13.6. The van der Waals surface area contributed by atoms with Crippen molar-refractivity contribution in [1.82, 2.24) is 9.97 Å². The van der Waals surface area contributed by atoms with Gasteiger partial charge in [0.05, 0.1) is 11.4 Å². The Morgan fingerprint density at radius 1 is 0.549 bits per heavy atom. The first-order valence-corrected chi connectivity index (χ1v) is 18.2. The molecule has 0 unspecified atom stereocenters. The monoisotopic (exact) mass is 662 g/mol. The van der Waals surface area contributed by atoms with Crippen molar-refractivity contribution in [3.8, 4) is 0 Å². The summed E-state index contributed by atoms with van der Waals surface area (Å²) in [6.45, 7) is 11.5. The third-order valence-electron chi connectivity index (χ3n) is 11.2. The molecule has 0 amide bonds. The first-order chi connectivity index (χ1) is 24.8. The van der Waals surface area contributed by atoms with E-state index in [1.54, 1.807) is 0 Å². The number of nitrogens with zero attached hydrogens (tertiary/aromatic N) is 4. The van der Waals surface area contributed by atoms with E-state index in [-0.39, 0.29) is 5.41 Å². The van der Waals surface area contributed by atoms with Crippen LogP contribution in [0, 0.1) is 13.8 Å². The smallest absolute Gasteiger partial charge is 0.0543 e. The Bertz CT molecular complexity index is 2540. The molecule has 0 saturated heterocycles. The Kier molecular flexibility index (Phi) is 7.32. The average Bonchev–Trinajstić information content (AvgIpc) is 3.16. The van der Waals surface area contributed by atoms with Crippen LogP contribution in [0.5, 0.6) is 0 Å². The van der Waals surface area contributed by atoms with E-state index >= 15 is 0 Å². The summed E-state index contributed by atoms with van der Waals surface area (Å²) in [6, 6.07) is 38.6. The number of pyridine rings is 2. The highest BCUT2D eigenvalue weighted by molar-refractivity contribution is 6.30. The number of aromatic nitrogens is 2. The van der Waals surface area contributed by atoms with Crippen LogP contribution in [-0.4, -0.2) is 9.97 Å². The second kappa shape index (κ2) is 11.9. The third-order valence-corrected chi connectivity index (χ3v) is 11.2. The van der Waals surface area contributed by atoms with E-state index in [1.165, 1.54) is 71.5 Å². The third kappa shape index (κ3) is 5.04. The van der Waals surface area contributed by atoms with E-state index in [4.69, 9.17) is 0 Å². The van der Waals surface area contributed by atoms with Gasteiger partial charge in [-0.1, -0.05) is 68.3 Å². The van der Waals surface area contributed by atoms with Gasteiger partial charge in [-0.15, -0.1) is 0 Å². The van der Waals surface area contributed by atoms with Crippen molar-refractivity contribution in [2.45, 2.75) is 59.3 Å². The van der Waals surface area contributed by atoms with E-state index in [1.807, 2.05) is 24.8 Å². The highest BCUT2D eigenvalue weighted by atomic mass is 15.2. The largest absolute Gasteiger partial charge is 0.310 e. The molecule has 0 bridgehead atoms. The summed E-state index contributed by atoms with van der Waals surface area (Å²) in [6.07, 6.45) is 10.7. The summed E-state index contributed by atoms with van der Waals surface area (Å²) in [7, 11) is 0. The van der Waals surface area contributed by atoms with E-state index in [0.717, 1.165) is 42.0 Å². The molecule has 0 N–H and O–H groups in total. The van der Waals surface area contributed by atoms with Gasteiger partial charge in [-0.05, 0) is 138 Å². The molecule has 2 heterocycles. The first kappa shape index (κ1) is 31.3. The minimum Gasteiger partial charge on any atom is -0.310 e. The van der Waals surface area contributed by atoms with Crippen LogP contribution in [0.4, 0.5) is 34.1 Å². The van der Waals surface area contributed by atoms with Gasteiger partial charge in [0, 0.05) is 63.7 Å². The van der Waals surface area contributed by atoms with Crippen molar-refractivity contribution in [3.05, 3.63) is 156 Å². The van der Waals surface area contributed by atoms with Crippen LogP contribution >= 0.6 is 0 Å². The number of benzene rings is 6. The molecule has 0 aliphatic heterocycles. The minimum atomic E-state index is 0.0229. The molecule has 9 rings (SSSR count). The first-order valence-electron chi connectivity index (χ1n) is 18.2. The molecule has 0 spiro atoms. The van der Waals surface area contributed by atoms with Gasteiger partial charge in [0.15, 0.2) is 0 Å². The molecular weight excluding hydrogens is 621 g/mol. The maximum atomic E-state index is 4.40. The average molecular weight is 663 g/mol. The molecule has 4 heteroatoms. The molecule has 0 fully saturated rings. The lowest BCUT2D eigenvalue weighted by molar-refractivity contribution is 0.475. The van der Waals surface area contributed by atoms with Crippen molar-refractivity contribution in [2.24, 2.45) is 0 Å². The predicted molar refractivity (Wildman–Crippen MR) is 215 cm³/mol. The summed E-state index contributed by atoms with van der Waals surface area (Å²) in [5.74, 6) is 0. The standard InChI is InChI=1S/C47H42N4/c1-6-32-27-43(51(37-20-25-49-26-21-37)35-13-9-31(3)10-14-35)40-29-41-44-33(17-22-47(41,4)5)28-42(39-16-15-38(32)45(40)46(39)44)50(36-18-23-48-24-19-36)34-11-7-30(2)8-12-34/h7-16,18-21,23-29H,6,17,22H2,1-5H3. The molecule has 250 valence electrons. The summed E-state index contributed by atoms with van der Waals surface area (Å²) in [4.78, 5) is 13.7. The zero-order valence-corrected chi connectivity index (χ0v) is 30.0. The SMILES string of the molecule is CCc1cc(N(c2ccncc2)c2ccc(C)cc2)c2cc3c4c(cc(N(c5ccncc5)c5ccc(C)cc5)c5ccc1c2c54)CCC3(C)C. The van der Waals surface area contributed by atoms with Crippen LogP contribution in [0.15, 0.2) is 128 Å². The van der Waals surface area contributed by atoms with Gasteiger partial charge >= 0.3 is 0 Å². The van der Waals surface area contributed by atoms with Crippen LogP contribution < -0.4 is 9.80 Å². The number of hydrogen-bond donors (Lipinski definition) is 0. The van der Waals surface area contributed by atoms with Crippen LogP contribution in [0.2, 0.25) is 0 Å². The normalized spacial score (nSPS) is 13.7. The van der Waals surface area contributed by atoms with E-state index < -0.39 is 0 Å². The van der Waals surface area contributed by atoms with Crippen LogP contribution in [0.1, 0.15) is 55.0 Å². The second-order valence-electron chi connectivity index (χ2n) is 14.9. The van der Waals surface area contributed by atoms with Crippen molar-refractivity contribution in [3.63, 3.8) is 0 Å². The van der Waals surface area contributed by atoms with Crippen LogP contribution in [0.3, 0.4) is 0 Å². The zero-order valence-electron chi connectivity index (χ0n) is 30.0. The minimum absolute atomic E-state index is 0.0229. The summed E-state index contributed by atoms with van der Waals surface area (Å²) < 4.78 is 0. The molecule has 1 aliphatic carbocycles. The lowest BCUT2D eigenvalue weighted by atomic mass is 9.70. The Hall–Kier alpha value is -5.74. The van der Waals surface area contributed by atoms with Gasteiger partial charge < -0.3 is 9.80 Å². The Labute approximate surface area is 300 Å². The molecule has 2 aromatic heterocycles. The number of aryl methyl sites for hydroxylation is 4. The Morgan fingerprint density at radius 3 is 1.61 bits per heavy atom. The zero-order chi connectivity index (χ0) is 34.9. The molecule has 4 nitrogen and oxygen atoms in total. The molecule has 6 aromatic carbocycles. The molecule has 0 radical (unpaired) electrons. The topological polar surface area (TPSA) is 32.3 Å². The predicted octanol–water partition coefficient (Wildman–Crippen LogP) is 12.7. The molecule has 51 heavy (non-hydrogen) atoms. The van der Waals surface area contributed by atoms with Crippen LogP contribution in [0.25, 0.3) is 32.3 Å². The summed E-state index contributed by atoms with van der Waals surface area (Å²) in [5, 5.41) is 8.07. The molecule has 8 aromatic rings. The van der Waals surface area contributed by atoms with Gasteiger partial charge in [0.25, 0.3) is 0 Å². The highest BCUT2D eigenvalue weighted by Crippen LogP contribution is 2.53.